The van der Waals surface area contributed by atoms with E-state index in [9.17, 15) is 19.5 Å². The van der Waals surface area contributed by atoms with Crippen LogP contribution in [0.2, 0.25) is 5.02 Å². The number of nitrogens with zero attached hydrogens (tertiary/aromatic N) is 1. The molecule has 0 amide bonds. The van der Waals surface area contributed by atoms with E-state index in [1.54, 1.807) is 13.8 Å². The fraction of sp³-hybridized carbons (Fsp3) is 0.455. The molecule has 0 unspecified atom stereocenters. The normalized spacial score (nSPS) is 21.2. The van der Waals surface area contributed by atoms with E-state index in [2.05, 4.69) is 5.16 Å². The van der Waals surface area contributed by atoms with Crippen molar-refractivity contribution in [3.63, 3.8) is 0 Å². The number of benzene rings is 1. The molecule has 33 heavy (non-hydrogen) atoms. The van der Waals surface area contributed by atoms with Gasteiger partial charge >= 0.3 is 5.97 Å². The van der Waals surface area contributed by atoms with Crippen molar-refractivity contribution in [3.05, 3.63) is 34.1 Å². The van der Waals surface area contributed by atoms with E-state index >= 15 is 0 Å². The van der Waals surface area contributed by atoms with Gasteiger partial charge in [0.25, 0.3) is 0 Å². The smallest absolute Gasteiger partial charge is 0.367 e. The highest BCUT2D eigenvalue weighted by atomic mass is 35.5. The maximum atomic E-state index is 12.7. The Hall–Kier alpha value is -3.11. The van der Waals surface area contributed by atoms with E-state index in [-0.39, 0.29) is 45.9 Å². The number of oxime groups is 1. The molecule has 2 rings (SSSR count). The standard InChI is InChI=1S/C22H27ClN2O8/c1-11-7-13(27)8-16(31-6)22(11,10-26)32-18-12(2)15(30-5)9-14(17(18)23)19(28)33-25-20(24)21(3,4)29/h8-11,29H,7H2,1-6H3,(H2,24,25)/t11-,22+/m1/s1. The number of allylic oxidation sites excluding steroid dienone is 1. The zero-order valence-electron chi connectivity index (χ0n) is 19.2. The number of methoxy groups -OCH3 is 2. The minimum Gasteiger partial charge on any atom is -0.496 e. The van der Waals surface area contributed by atoms with Crippen LogP contribution in [0.5, 0.6) is 11.5 Å². The van der Waals surface area contributed by atoms with Crippen LogP contribution in [-0.2, 0) is 19.2 Å². The number of halogens is 1. The van der Waals surface area contributed by atoms with Crippen LogP contribution in [0.1, 0.15) is 43.1 Å². The summed E-state index contributed by atoms with van der Waals surface area (Å²) >= 11 is 6.49. The fourth-order valence-electron chi connectivity index (χ4n) is 3.19. The molecule has 11 heteroatoms. The lowest BCUT2D eigenvalue weighted by Crippen LogP contribution is -2.50. The van der Waals surface area contributed by atoms with Crippen molar-refractivity contribution in [3.8, 4) is 11.5 Å². The van der Waals surface area contributed by atoms with Gasteiger partial charge in [0.05, 0.1) is 24.8 Å². The van der Waals surface area contributed by atoms with Gasteiger partial charge in [0.15, 0.2) is 23.7 Å². The molecule has 1 aliphatic rings. The van der Waals surface area contributed by atoms with Crippen LogP contribution in [0, 0.1) is 12.8 Å². The van der Waals surface area contributed by atoms with E-state index in [0.717, 1.165) is 0 Å². The van der Waals surface area contributed by atoms with Gasteiger partial charge < -0.3 is 29.9 Å². The van der Waals surface area contributed by atoms with Crippen molar-refractivity contribution >= 4 is 35.5 Å². The lowest BCUT2D eigenvalue weighted by Gasteiger charge is -2.38. The van der Waals surface area contributed by atoms with Crippen LogP contribution >= 0.6 is 11.6 Å². The Morgan fingerprint density at radius 1 is 1.36 bits per heavy atom. The van der Waals surface area contributed by atoms with Gasteiger partial charge in [0.1, 0.15) is 17.1 Å². The molecule has 0 fully saturated rings. The maximum Gasteiger partial charge on any atom is 0.367 e. The van der Waals surface area contributed by atoms with E-state index < -0.39 is 23.1 Å². The van der Waals surface area contributed by atoms with Gasteiger partial charge in [0, 0.05) is 24.0 Å². The monoisotopic (exact) mass is 482 g/mol. The molecule has 0 saturated carbocycles. The molecule has 0 heterocycles. The molecule has 0 radical (unpaired) electrons. The van der Waals surface area contributed by atoms with E-state index in [0.29, 0.717) is 11.8 Å². The Labute approximate surface area is 196 Å². The number of amidine groups is 1. The first-order valence-corrected chi connectivity index (χ1v) is 10.3. The average molecular weight is 483 g/mol. The summed E-state index contributed by atoms with van der Waals surface area (Å²) in [5.41, 5.74) is 2.60. The van der Waals surface area contributed by atoms with Crippen molar-refractivity contribution in [2.75, 3.05) is 14.2 Å². The Morgan fingerprint density at radius 3 is 2.52 bits per heavy atom. The molecule has 1 aromatic carbocycles. The van der Waals surface area contributed by atoms with E-state index in [1.165, 1.54) is 40.2 Å². The van der Waals surface area contributed by atoms with Crippen molar-refractivity contribution in [1.29, 1.82) is 0 Å². The zero-order chi connectivity index (χ0) is 25.1. The first-order valence-electron chi connectivity index (χ1n) is 9.91. The lowest BCUT2D eigenvalue weighted by molar-refractivity contribution is -0.130. The molecule has 10 nitrogen and oxygen atoms in total. The van der Waals surface area contributed by atoms with Crippen LogP contribution in [-0.4, -0.2) is 54.4 Å². The quantitative estimate of drug-likeness (QED) is 0.187. The first-order chi connectivity index (χ1) is 15.3. The minimum atomic E-state index is -1.67. The summed E-state index contributed by atoms with van der Waals surface area (Å²) in [5, 5.41) is 13.1. The molecule has 0 saturated heterocycles. The van der Waals surface area contributed by atoms with Crippen LogP contribution in [0.4, 0.5) is 0 Å². The van der Waals surface area contributed by atoms with Crippen LogP contribution in [0.25, 0.3) is 0 Å². The summed E-state index contributed by atoms with van der Waals surface area (Å²) in [7, 11) is 2.68. The molecule has 1 aliphatic carbocycles. The molecule has 0 aliphatic heterocycles. The zero-order valence-corrected chi connectivity index (χ0v) is 20.0. The molecule has 3 N–H and O–H groups in total. The second-order valence-corrected chi connectivity index (χ2v) is 8.48. The summed E-state index contributed by atoms with van der Waals surface area (Å²) < 4.78 is 16.7. The number of aldehydes is 1. The molecular weight excluding hydrogens is 456 g/mol. The third-order valence-corrected chi connectivity index (χ3v) is 5.67. The maximum absolute atomic E-state index is 12.7. The van der Waals surface area contributed by atoms with E-state index in [4.69, 9.17) is 36.4 Å². The molecule has 1 aromatic rings. The summed E-state index contributed by atoms with van der Waals surface area (Å²) in [6, 6.07) is 1.32. The summed E-state index contributed by atoms with van der Waals surface area (Å²) in [6.07, 6.45) is 1.76. The predicted molar refractivity (Wildman–Crippen MR) is 119 cm³/mol. The second kappa shape index (κ2) is 9.80. The number of aliphatic hydroxyl groups is 1. The third-order valence-electron chi connectivity index (χ3n) is 5.30. The van der Waals surface area contributed by atoms with Gasteiger partial charge in [-0.15, -0.1) is 0 Å². The molecule has 0 spiro atoms. The Bertz CT molecular complexity index is 1030. The lowest BCUT2D eigenvalue weighted by atomic mass is 9.79. The number of nitrogens with two attached hydrogens (primary N) is 1. The van der Waals surface area contributed by atoms with Crippen LogP contribution in [0.3, 0.4) is 0 Å². The Morgan fingerprint density at radius 2 is 2.00 bits per heavy atom. The Balaban J connectivity index is 2.60. The first kappa shape index (κ1) is 26.1. The molecular formula is C22H27ClN2O8. The van der Waals surface area contributed by atoms with E-state index in [1.807, 2.05) is 0 Å². The molecule has 0 aromatic heterocycles. The molecule has 0 bridgehead atoms. The van der Waals surface area contributed by atoms with Gasteiger partial charge in [-0.25, -0.2) is 4.79 Å². The highest BCUT2D eigenvalue weighted by molar-refractivity contribution is 6.35. The summed E-state index contributed by atoms with van der Waals surface area (Å²) in [6.45, 7) is 6.00. The number of carbonyl (C=O) groups is 3. The Kier molecular flexibility index (Phi) is 7.76. The summed E-state index contributed by atoms with van der Waals surface area (Å²) in [4.78, 5) is 41.8. The average Bonchev–Trinajstić information content (AvgIpc) is 2.75. The predicted octanol–water partition coefficient (Wildman–Crippen LogP) is 2.31. The van der Waals surface area contributed by atoms with Crippen molar-refractivity contribution < 1.29 is 38.5 Å². The van der Waals surface area contributed by atoms with Crippen LogP contribution < -0.4 is 15.2 Å². The van der Waals surface area contributed by atoms with Crippen LogP contribution in [0.15, 0.2) is 23.1 Å². The van der Waals surface area contributed by atoms with Gasteiger partial charge in [-0.2, -0.15) is 0 Å². The van der Waals surface area contributed by atoms with Crippen molar-refractivity contribution in [2.24, 2.45) is 16.8 Å². The molecule has 2 atom stereocenters. The highest BCUT2D eigenvalue weighted by Crippen LogP contribution is 2.44. The second-order valence-electron chi connectivity index (χ2n) is 8.11. The van der Waals surface area contributed by atoms with Gasteiger partial charge in [0.2, 0.25) is 5.60 Å². The minimum absolute atomic E-state index is 0.00575. The van der Waals surface area contributed by atoms with Gasteiger partial charge in [-0.3, -0.25) is 9.59 Å². The number of rotatable bonds is 8. The van der Waals surface area contributed by atoms with Gasteiger partial charge in [-0.1, -0.05) is 23.7 Å². The number of ether oxygens (including phenoxy) is 3. The van der Waals surface area contributed by atoms with Gasteiger partial charge in [-0.05, 0) is 26.8 Å². The fourth-order valence-corrected chi connectivity index (χ4v) is 3.50. The topological polar surface area (TPSA) is 147 Å². The molecule has 180 valence electrons. The summed E-state index contributed by atoms with van der Waals surface area (Å²) in [5.74, 6) is -1.99. The number of hydrogen-bond donors (Lipinski definition) is 2. The number of hydrogen-bond acceptors (Lipinski definition) is 9. The SMILES string of the molecule is COC1=CC(=O)C[C@@H](C)[C@]1(C=O)Oc1c(C)c(OC)cc(C(=O)O/N=C(\N)C(C)(C)O)c1Cl. The van der Waals surface area contributed by atoms with Crippen molar-refractivity contribution in [2.45, 2.75) is 45.3 Å². The number of ketones is 1. The highest BCUT2D eigenvalue weighted by Gasteiger charge is 2.48. The number of carbonyl (C=O) groups excluding carboxylic acids is 3. The third kappa shape index (κ3) is 5.12. The largest absolute Gasteiger partial charge is 0.496 e. The van der Waals surface area contributed by atoms with Crippen molar-refractivity contribution in [1.82, 2.24) is 0 Å².